The predicted molar refractivity (Wildman–Crippen MR) is 109 cm³/mol. The van der Waals surface area contributed by atoms with Crippen molar-refractivity contribution in [2.75, 3.05) is 6.61 Å². The normalized spacial score (nSPS) is 13.4. The first-order chi connectivity index (χ1) is 12.8. The lowest BCUT2D eigenvalue weighted by Gasteiger charge is -2.19. The maximum absolute atomic E-state index is 12.2. The third kappa shape index (κ3) is 9.75. The van der Waals surface area contributed by atoms with Gasteiger partial charge in [0, 0.05) is 0 Å². The fraction of sp³-hybridized carbons (Fsp3) is 0.455. The molecule has 2 atom stereocenters. The van der Waals surface area contributed by atoms with Crippen LogP contribution in [0.15, 0.2) is 53.6 Å². The number of carbonyl (C=O) groups excluding carboxylic acids is 2. The Morgan fingerprint density at radius 1 is 1.15 bits per heavy atom. The average molecular weight is 373 g/mol. The van der Waals surface area contributed by atoms with Crippen molar-refractivity contribution in [3.8, 4) is 0 Å². The molecular formula is C22H32N2O3. The molecule has 1 rings (SSSR count). The molecule has 0 fully saturated rings. The predicted octanol–water partition coefficient (Wildman–Crippen LogP) is 3.82. The van der Waals surface area contributed by atoms with Gasteiger partial charge in [0.2, 0.25) is 5.91 Å². The summed E-state index contributed by atoms with van der Waals surface area (Å²) in [6.07, 6.45) is 6.11. The van der Waals surface area contributed by atoms with E-state index >= 15 is 0 Å². The first-order valence-electron chi connectivity index (χ1n) is 9.35. The van der Waals surface area contributed by atoms with E-state index in [4.69, 9.17) is 10.5 Å². The van der Waals surface area contributed by atoms with Gasteiger partial charge in [0.05, 0.1) is 18.5 Å². The van der Waals surface area contributed by atoms with Gasteiger partial charge in [0.1, 0.15) is 6.61 Å². The first kappa shape index (κ1) is 22.6. The zero-order valence-corrected chi connectivity index (χ0v) is 16.8. The molecule has 0 aliphatic heterocycles. The van der Waals surface area contributed by atoms with Crippen LogP contribution < -0.4 is 11.1 Å². The molecule has 0 spiro atoms. The summed E-state index contributed by atoms with van der Waals surface area (Å²) >= 11 is 0. The van der Waals surface area contributed by atoms with Gasteiger partial charge in [-0.25, -0.2) is 0 Å². The summed E-state index contributed by atoms with van der Waals surface area (Å²) in [5.74, 6) is -0.658. The van der Waals surface area contributed by atoms with Gasteiger partial charge in [0.25, 0.3) is 0 Å². The Balaban J connectivity index is 2.58. The molecule has 0 bridgehead atoms. The van der Waals surface area contributed by atoms with Crippen LogP contribution in [0, 0.1) is 0 Å². The van der Waals surface area contributed by atoms with E-state index in [1.165, 1.54) is 11.1 Å². The molecule has 5 nitrogen and oxygen atoms in total. The Morgan fingerprint density at radius 3 is 2.41 bits per heavy atom. The van der Waals surface area contributed by atoms with Crippen LogP contribution in [0.5, 0.6) is 0 Å². The number of benzene rings is 1. The van der Waals surface area contributed by atoms with Crippen molar-refractivity contribution in [2.24, 2.45) is 5.73 Å². The van der Waals surface area contributed by atoms with E-state index in [2.05, 4.69) is 25.2 Å². The van der Waals surface area contributed by atoms with Crippen molar-refractivity contribution in [2.45, 2.75) is 59.0 Å². The van der Waals surface area contributed by atoms with Gasteiger partial charge < -0.3 is 15.8 Å². The minimum atomic E-state index is -0.640. The minimum Gasteiger partial charge on any atom is -0.461 e. The topological polar surface area (TPSA) is 81.4 Å². The van der Waals surface area contributed by atoms with Crippen molar-refractivity contribution >= 4 is 11.9 Å². The zero-order chi connectivity index (χ0) is 20.2. The molecule has 5 heteroatoms. The Bertz CT molecular complexity index is 659. The second-order valence-electron chi connectivity index (χ2n) is 7.02. The summed E-state index contributed by atoms with van der Waals surface area (Å²) < 4.78 is 5.32. The molecule has 0 aromatic heterocycles. The quantitative estimate of drug-likeness (QED) is 0.483. The molecule has 1 aromatic rings. The third-order valence-corrected chi connectivity index (χ3v) is 4.07. The van der Waals surface area contributed by atoms with Gasteiger partial charge in [-0.2, -0.15) is 0 Å². The number of nitrogens with one attached hydrogen (secondary N) is 1. The molecule has 0 unspecified atom stereocenters. The van der Waals surface area contributed by atoms with E-state index in [0.29, 0.717) is 0 Å². The van der Waals surface area contributed by atoms with Crippen LogP contribution >= 0.6 is 0 Å². The minimum absolute atomic E-state index is 0.0626. The molecule has 148 valence electrons. The highest BCUT2D eigenvalue weighted by Crippen LogP contribution is 2.17. The maximum atomic E-state index is 12.2. The van der Waals surface area contributed by atoms with E-state index < -0.39 is 12.1 Å². The van der Waals surface area contributed by atoms with Crippen LogP contribution in [-0.2, 0) is 14.3 Å². The summed E-state index contributed by atoms with van der Waals surface area (Å²) in [7, 11) is 0. The molecular weight excluding hydrogens is 340 g/mol. The Morgan fingerprint density at radius 2 is 1.81 bits per heavy atom. The van der Waals surface area contributed by atoms with Crippen LogP contribution in [0.25, 0.3) is 0 Å². The van der Waals surface area contributed by atoms with Crippen molar-refractivity contribution in [1.29, 1.82) is 0 Å². The summed E-state index contributed by atoms with van der Waals surface area (Å²) in [6.45, 7) is 8.03. The molecule has 0 radical (unpaired) electrons. The highest BCUT2D eigenvalue weighted by Gasteiger charge is 2.20. The van der Waals surface area contributed by atoms with Crippen LogP contribution in [0.2, 0.25) is 0 Å². The van der Waals surface area contributed by atoms with Crippen LogP contribution in [0.4, 0.5) is 0 Å². The summed E-state index contributed by atoms with van der Waals surface area (Å²) in [6, 6.07) is 8.25. The molecule has 0 heterocycles. The van der Waals surface area contributed by atoms with Crippen LogP contribution in [-0.4, -0.2) is 24.5 Å². The Labute approximate surface area is 162 Å². The zero-order valence-electron chi connectivity index (χ0n) is 16.8. The smallest absolute Gasteiger partial charge is 0.308 e. The summed E-state index contributed by atoms with van der Waals surface area (Å²) in [4.78, 5) is 24.2. The monoisotopic (exact) mass is 372 g/mol. The molecule has 0 aliphatic rings. The van der Waals surface area contributed by atoms with Gasteiger partial charge in [-0.3, -0.25) is 9.59 Å². The summed E-state index contributed by atoms with van der Waals surface area (Å²) in [5, 5.41) is 2.81. The van der Waals surface area contributed by atoms with Crippen LogP contribution in [0.1, 0.15) is 58.6 Å². The lowest BCUT2D eigenvalue weighted by atomic mass is 10.0. The SMILES string of the molecule is CC(C)=CCC/C(C)=C/COC(=O)C[C@@H](NC(=O)[C@H](C)N)c1ccccc1. The van der Waals surface area contributed by atoms with E-state index in [-0.39, 0.29) is 24.9 Å². The molecule has 1 aromatic carbocycles. The molecule has 0 saturated carbocycles. The number of ether oxygens (including phenoxy) is 1. The number of allylic oxidation sites excluding steroid dienone is 3. The van der Waals surface area contributed by atoms with Gasteiger partial charge >= 0.3 is 5.97 Å². The first-order valence-corrected chi connectivity index (χ1v) is 9.35. The second kappa shape index (κ2) is 12.1. The second-order valence-corrected chi connectivity index (χ2v) is 7.02. The number of hydrogen-bond acceptors (Lipinski definition) is 4. The average Bonchev–Trinajstić information content (AvgIpc) is 2.61. The molecule has 0 saturated heterocycles. The Hall–Kier alpha value is -2.40. The fourth-order valence-electron chi connectivity index (χ4n) is 2.43. The van der Waals surface area contributed by atoms with Gasteiger partial charge in [0.15, 0.2) is 0 Å². The van der Waals surface area contributed by atoms with E-state index in [9.17, 15) is 9.59 Å². The van der Waals surface area contributed by atoms with Crippen molar-refractivity contribution in [3.63, 3.8) is 0 Å². The van der Waals surface area contributed by atoms with Crippen molar-refractivity contribution in [1.82, 2.24) is 5.32 Å². The molecule has 3 N–H and O–H groups in total. The lowest BCUT2D eigenvalue weighted by molar-refractivity contribution is -0.143. The standard InChI is InChI=1S/C22H32N2O3/c1-16(2)9-8-10-17(3)13-14-27-21(25)15-20(24-22(26)18(4)23)19-11-6-5-7-12-19/h5-7,9,11-13,18,20H,8,10,14-15,23H2,1-4H3,(H,24,26)/b17-13+/t18-,20+/m0/s1. The third-order valence-electron chi connectivity index (χ3n) is 4.07. The van der Waals surface area contributed by atoms with E-state index in [1.807, 2.05) is 43.3 Å². The van der Waals surface area contributed by atoms with Gasteiger partial charge in [-0.15, -0.1) is 0 Å². The van der Waals surface area contributed by atoms with Crippen LogP contribution in [0.3, 0.4) is 0 Å². The molecule has 27 heavy (non-hydrogen) atoms. The fourth-order valence-corrected chi connectivity index (χ4v) is 2.43. The van der Waals surface area contributed by atoms with Crippen molar-refractivity contribution in [3.05, 3.63) is 59.2 Å². The van der Waals surface area contributed by atoms with Gasteiger partial charge in [-0.1, -0.05) is 47.6 Å². The number of carbonyl (C=O) groups is 2. The molecule has 1 amide bonds. The summed E-state index contributed by atoms with van der Waals surface area (Å²) in [5.41, 5.74) is 8.96. The van der Waals surface area contributed by atoms with Gasteiger partial charge in [-0.05, 0) is 52.2 Å². The maximum Gasteiger partial charge on any atom is 0.308 e. The number of hydrogen-bond donors (Lipinski definition) is 2. The largest absolute Gasteiger partial charge is 0.461 e. The number of rotatable bonds is 10. The lowest BCUT2D eigenvalue weighted by Crippen LogP contribution is -2.41. The van der Waals surface area contributed by atoms with Crippen molar-refractivity contribution < 1.29 is 14.3 Å². The number of esters is 1. The highest BCUT2D eigenvalue weighted by molar-refractivity contribution is 5.82. The number of amides is 1. The molecule has 0 aliphatic carbocycles. The highest BCUT2D eigenvalue weighted by atomic mass is 16.5. The Kier molecular flexibility index (Phi) is 10.1. The van der Waals surface area contributed by atoms with E-state index in [0.717, 1.165) is 18.4 Å². The van der Waals surface area contributed by atoms with E-state index in [1.54, 1.807) is 6.92 Å². The number of nitrogens with two attached hydrogens (primary N) is 1.